The van der Waals surface area contributed by atoms with Gasteiger partial charge in [-0.3, -0.25) is 9.59 Å². The molecule has 4 heteroatoms. The van der Waals surface area contributed by atoms with Gasteiger partial charge in [-0.15, -0.1) is 0 Å². The zero-order valence-electron chi connectivity index (χ0n) is 9.19. The van der Waals surface area contributed by atoms with Crippen molar-refractivity contribution < 1.29 is 14.0 Å². The van der Waals surface area contributed by atoms with Gasteiger partial charge in [0, 0.05) is 11.1 Å². The predicted octanol–water partition coefficient (Wildman–Crippen LogP) is 3.44. The van der Waals surface area contributed by atoms with E-state index in [9.17, 15) is 14.0 Å². The summed E-state index contributed by atoms with van der Waals surface area (Å²) in [4.78, 5) is 22.9. The fourth-order valence-electron chi connectivity index (χ4n) is 1.55. The minimum Gasteiger partial charge on any atom is -0.288 e. The molecule has 0 amide bonds. The first-order valence-electron chi connectivity index (χ1n) is 5.18. The number of rotatable bonds is 3. The summed E-state index contributed by atoms with van der Waals surface area (Å²) in [5.74, 6) is -0.998. The number of halogens is 2. The minimum atomic E-state index is -0.597. The van der Waals surface area contributed by atoms with E-state index in [1.54, 1.807) is 6.07 Å². The molecule has 0 aliphatic rings. The van der Waals surface area contributed by atoms with E-state index in [0.717, 1.165) is 0 Å². The monoisotopic (exact) mass is 262 g/mol. The van der Waals surface area contributed by atoms with Crippen molar-refractivity contribution in [2.75, 3.05) is 0 Å². The zero-order chi connectivity index (χ0) is 13.1. The van der Waals surface area contributed by atoms with Gasteiger partial charge in [-0.05, 0) is 35.9 Å². The molecule has 0 fully saturated rings. The number of benzene rings is 2. The summed E-state index contributed by atoms with van der Waals surface area (Å²) in [5, 5.41) is -0.597. The van der Waals surface area contributed by atoms with Crippen molar-refractivity contribution in [3.8, 4) is 0 Å². The van der Waals surface area contributed by atoms with E-state index in [0.29, 0.717) is 11.1 Å². The molecule has 0 atom stereocenters. The van der Waals surface area contributed by atoms with Crippen LogP contribution in [0.1, 0.15) is 26.3 Å². The second-order valence-corrected chi connectivity index (χ2v) is 4.00. The Bertz CT molecular complexity index is 605. The van der Waals surface area contributed by atoms with E-state index in [1.165, 1.54) is 42.5 Å². The minimum absolute atomic E-state index is 0.00227. The van der Waals surface area contributed by atoms with Crippen LogP contribution in [0.4, 0.5) is 4.39 Å². The molecule has 0 N–H and O–H groups in total. The van der Waals surface area contributed by atoms with Crippen molar-refractivity contribution in [3.63, 3.8) is 0 Å². The number of carbonyl (C=O) groups excluding carboxylic acids is 2. The molecule has 0 spiro atoms. The van der Waals surface area contributed by atoms with Crippen LogP contribution >= 0.6 is 11.6 Å². The molecule has 90 valence electrons. The Morgan fingerprint density at radius 1 is 0.889 bits per heavy atom. The molecule has 2 aromatic rings. The van der Waals surface area contributed by atoms with E-state index in [-0.39, 0.29) is 5.56 Å². The van der Waals surface area contributed by atoms with Gasteiger partial charge < -0.3 is 0 Å². The van der Waals surface area contributed by atoms with Gasteiger partial charge in [0.25, 0.3) is 5.24 Å². The number of hydrogen-bond acceptors (Lipinski definition) is 2. The highest BCUT2D eigenvalue weighted by Gasteiger charge is 2.13. The summed E-state index contributed by atoms with van der Waals surface area (Å²) in [5.41, 5.74) is 0.603. The molecule has 2 aromatic carbocycles. The molecule has 18 heavy (non-hydrogen) atoms. The molecule has 0 unspecified atom stereocenters. The average Bonchev–Trinajstić information content (AvgIpc) is 2.38. The second kappa shape index (κ2) is 5.10. The van der Waals surface area contributed by atoms with Crippen LogP contribution in [-0.4, -0.2) is 11.0 Å². The third kappa shape index (κ3) is 2.46. The molecule has 2 nitrogen and oxygen atoms in total. The summed E-state index contributed by atoms with van der Waals surface area (Å²) in [6.45, 7) is 0. The molecule has 0 aliphatic carbocycles. The van der Waals surface area contributed by atoms with Crippen LogP contribution in [0.3, 0.4) is 0 Å². The Labute approximate surface area is 108 Å². The summed E-state index contributed by atoms with van der Waals surface area (Å²) in [6.07, 6.45) is 0. The van der Waals surface area contributed by atoms with Gasteiger partial charge in [0.05, 0.1) is 5.56 Å². The van der Waals surface area contributed by atoms with Gasteiger partial charge >= 0.3 is 0 Å². The molecule has 0 bridgehead atoms. The van der Waals surface area contributed by atoms with Crippen molar-refractivity contribution in [2.45, 2.75) is 0 Å². The number of ketones is 1. The van der Waals surface area contributed by atoms with Gasteiger partial charge in [-0.2, -0.15) is 0 Å². The highest BCUT2D eigenvalue weighted by molar-refractivity contribution is 6.67. The Hall–Kier alpha value is -2.00. The average molecular weight is 263 g/mol. The normalized spacial score (nSPS) is 10.1. The standard InChI is InChI=1S/C14H8ClFO2/c15-14(18)10-7-5-9(6-8-10)13(17)11-3-1-2-4-12(11)16/h1-8H. The summed E-state index contributed by atoms with van der Waals surface area (Å²) < 4.78 is 13.4. The fraction of sp³-hybridized carbons (Fsp3) is 0. The number of carbonyl (C=O) groups is 2. The maximum atomic E-state index is 13.4. The van der Waals surface area contributed by atoms with Gasteiger partial charge in [0.1, 0.15) is 5.82 Å². The van der Waals surface area contributed by atoms with Crippen LogP contribution in [0.15, 0.2) is 48.5 Å². The lowest BCUT2D eigenvalue weighted by Gasteiger charge is -2.03. The molecule has 0 saturated heterocycles. The molecular formula is C14H8ClFO2. The van der Waals surface area contributed by atoms with Gasteiger partial charge in [0.2, 0.25) is 0 Å². The highest BCUT2D eigenvalue weighted by Crippen LogP contribution is 2.14. The molecule has 0 saturated carbocycles. The van der Waals surface area contributed by atoms with Crippen molar-refractivity contribution >= 4 is 22.6 Å². The Morgan fingerprint density at radius 3 is 2.00 bits per heavy atom. The fourth-order valence-corrected chi connectivity index (χ4v) is 1.68. The van der Waals surface area contributed by atoms with Crippen LogP contribution in [0.25, 0.3) is 0 Å². The van der Waals surface area contributed by atoms with E-state index in [4.69, 9.17) is 11.6 Å². The summed E-state index contributed by atoms with van der Waals surface area (Å²) in [6, 6.07) is 11.5. The quantitative estimate of drug-likeness (QED) is 0.627. The van der Waals surface area contributed by atoms with Crippen molar-refractivity contribution in [3.05, 3.63) is 71.0 Å². The maximum absolute atomic E-state index is 13.4. The molecule has 2 rings (SSSR count). The predicted molar refractivity (Wildman–Crippen MR) is 66.5 cm³/mol. The Morgan fingerprint density at radius 2 is 1.44 bits per heavy atom. The molecule has 0 aliphatic heterocycles. The molecular weight excluding hydrogens is 255 g/mol. The SMILES string of the molecule is O=C(Cl)c1ccc(C(=O)c2ccccc2F)cc1. The third-order valence-electron chi connectivity index (χ3n) is 2.49. The first-order chi connectivity index (χ1) is 8.59. The van der Waals surface area contributed by atoms with Crippen molar-refractivity contribution in [1.82, 2.24) is 0 Å². The second-order valence-electron chi connectivity index (χ2n) is 3.66. The summed E-state index contributed by atoms with van der Waals surface area (Å²) in [7, 11) is 0. The van der Waals surface area contributed by atoms with E-state index in [1.807, 2.05) is 0 Å². The highest BCUT2D eigenvalue weighted by atomic mass is 35.5. The third-order valence-corrected chi connectivity index (χ3v) is 2.71. The summed E-state index contributed by atoms with van der Waals surface area (Å²) >= 11 is 5.29. The van der Waals surface area contributed by atoms with Gasteiger partial charge in [-0.25, -0.2) is 4.39 Å². The maximum Gasteiger partial charge on any atom is 0.252 e. The first-order valence-corrected chi connectivity index (χ1v) is 5.56. The van der Waals surface area contributed by atoms with Gasteiger partial charge in [-0.1, -0.05) is 24.3 Å². The molecule has 0 aromatic heterocycles. The lowest BCUT2D eigenvalue weighted by Crippen LogP contribution is -2.04. The topological polar surface area (TPSA) is 34.1 Å². The van der Waals surface area contributed by atoms with Crippen LogP contribution in [0.5, 0.6) is 0 Å². The van der Waals surface area contributed by atoms with Crippen molar-refractivity contribution in [2.24, 2.45) is 0 Å². The Kier molecular flexibility index (Phi) is 3.53. The van der Waals surface area contributed by atoms with E-state index in [2.05, 4.69) is 0 Å². The first kappa shape index (κ1) is 12.5. The largest absolute Gasteiger partial charge is 0.288 e. The van der Waals surface area contributed by atoms with Crippen molar-refractivity contribution in [1.29, 1.82) is 0 Å². The van der Waals surface area contributed by atoms with E-state index < -0.39 is 16.8 Å². The molecule has 0 heterocycles. The van der Waals surface area contributed by atoms with Crippen LogP contribution < -0.4 is 0 Å². The lowest BCUT2D eigenvalue weighted by atomic mass is 10.0. The van der Waals surface area contributed by atoms with Crippen LogP contribution in [0, 0.1) is 5.82 Å². The van der Waals surface area contributed by atoms with Crippen LogP contribution in [-0.2, 0) is 0 Å². The number of hydrogen-bond donors (Lipinski definition) is 0. The smallest absolute Gasteiger partial charge is 0.252 e. The molecule has 0 radical (unpaired) electrons. The zero-order valence-corrected chi connectivity index (χ0v) is 9.95. The van der Waals surface area contributed by atoms with Crippen LogP contribution in [0.2, 0.25) is 0 Å². The van der Waals surface area contributed by atoms with Gasteiger partial charge in [0.15, 0.2) is 5.78 Å². The Balaban J connectivity index is 2.35. The van der Waals surface area contributed by atoms with E-state index >= 15 is 0 Å². The lowest BCUT2D eigenvalue weighted by molar-refractivity contribution is 0.103.